The molecule has 27 heavy (non-hydrogen) atoms. The van der Waals surface area contributed by atoms with Gasteiger partial charge in [-0.15, -0.1) is 0 Å². The van der Waals surface area contributed by atoms with Gasteiger partial charge in [-0.2, -0.15) is 0 Å². The van der Waals surface area contributed by atoms with Crippen molar-refractivity contribution >= 4 is 23.6 Å². The number of phenolic OH excluding ortho intramolecular Hbond substituents is 1. The van der Waals surface area contributed by atoms with Crippen LogP contribution < -0.4 is 5.32 Å². The SMILES string of the molecule is Cc1ccc(C(=O)c2cc(O)c(O)c(C(=O)O)c2)cc1.O=C1CCC(=O)N1. The Labute approximate surface area is 154 Å². The second-order valence-electron chi connectivity index (χ2n) is 5.86. The Morgan fingerprint density at radius 1 is 0.926 bits per heavy atom. The van der Waals surface area contributed by atoms with Gasteiger partial charge in [0, 0.05) is 24.0 Å². The molecule has 2 amide bonds. The van der Waals surface area contributed by atoms with Crippen molar-refractivity contribution in [3.05, 3.63) is 58.7 Å². The molecular weight excluding hydrogens is 354 g/mol. The van der Waals surface area contributed by atoms with Crippen LogP contribution >= 0.6 is 0 Å². The molecule has 1 aliphatic heterocycles. The number of aromatic carboxylic acids is 1. The number of ketones is 1. The van der Waals surface area contributed by atoms with E-state index in [0.717, 1.165) is 17.7 Å². The molecule has 8 nitrogen and oxygen atoms in total. The summed E-state index contributed by atoms with van der Waals surface area (Å²) in [6, 6.07) is 8.82. The van der Waals surface area contributed by atoms with E-state index in [1.807, 2.05) is 6.92 Å². The predicted molar refractivity (Wildman–Crippen MR) is 93.7 cm³/mol. The zero-order valence-electron chi connectivity index (χ0n) is 14.4. The van der Waals surface area contributed by atoms with Crippen molar-refractivity contribution in [2.45, 2.75) is 19.8 Å². The van der Waals surface area contributed by atoms with Crippen molar-refractivity contribution in [1.82, 2.24) is 5.32 Å². The van der Waals surface area contributed by atoms with E-state index in [9.17, 15) is 29.4 Å². The van der Waals surface area contributed by atoms with Gasteiger partial charge in [0.15, 0.2) is 17.3 Å². The zero-order valence-corrected chi connectivity index (χ0v) is 14.4. The van der Waals surface area contributed by atoms with Crippen LogP contribution in [0.1, 0.15) is 44.7 Å². The van der Waals surface area contributed by atoms with E-state index in [2.05, 4.69) is 5.32 Å². The van der Waals surface area contributed by atoms with E-state index < -0.39 is 28.8 Å². The molecule has 0 aromatic heterocycles. The van der Waals surface area contributed by atoms with Crippen molar-refractivity contribution in [2.24, 2.45) is 0 Å². The van der Waals surface area contributed by atoms with E-state index in [-0.39, 0.29) is 17.4 Å². The Morgan fingerprint density at radius 2 is 1.48 bits per heavy atom. The number of aryl methyl sites for hydroxylation is 1. The molecule has 4 N–H and O–H groups in total. The number of phenols is 2. The van der Waals surface area contributed by atoms with Crippen molar-refractivity contribution in [1.29, 1.82) is 0 Å². The maximum absolute atomic E-state index is 12.2. The van der Waals surface area contributed by atoms with Gasteiger partial charge in [-0.25, -0.2) is 4.79 Å². The number of carboxylic acid groups (broad SMARTS) is 1. The molecule has 2 aromatic rings. The standard InChI is InChI=1S/C15H12O5.C4H5NO2/c1-8-2-4-9(5-3-8)13(17)10-6-11(15(19)20)14(18)12(16)7-10;6-3-1-2-4(7)5-3/h2-7,16,18H,1H3,(H,19,20);1-2H2,(H,5,6,7). The summed E-state index contributed by atoms with van der Waals surface area (Å²) < 4.78 is 0. The monoisotopic (exact) mass is 371 g/mol. The maximum atomic E-state index is 12.2. The number of aromatic hydroxyl groups is 2. The lowest BCUT2D eigenvalue weighted by Crippen LogP contribution is -2.18. The van der Waals surface area contributed by atoms with Crippen molar-refractivity contribution < 1.29 is 34.5 Å². The normalized spacial score (nSPS) is 12.8. The molecule has 8 heteroatoms. The first-order valence-corrected chi connectivity index (χ1v) is 7.92. The average Bonchev–Trinajstić information content (AvgIpc) is 3.00. The molecule has 3 rings (SSSR count). The van der Waals surface area contributed by atoms with Gasteiger partial charge in [-0.3, -0.25) is 19.7 Å². The van der Waals surface area contributed by atoms with Crippen LogP contribution in [0.5, 0.6) is 11.5 Å². The Bertz CT molecular complexity index is 902. The van der Waals surface area contributed by atoms with Crippen LogP contribution in [0.2, 0.25) is 0 Å². The second-order valence-corrected chi connectivity index (χ2v) is 5.86. The van der Waals surface area contributed by atoms with Gasteiger partial charge in [-0.1, -0.05) is 29.8 Å². The molecule has 1 heterocycles. The van der Waals surface area contributed by atoms with Crippen molar-refractivity contribution in [2.75, 3.05) is 0 Å². The summed E-state index contributed by atoms with van der Waals surface area (Å²) in [7, 11) is 0. The highest BCUT2D eigenvalue weighted by Crippen LogP contribution is 2.31. The van der Waals surface area contributed by atoms with Crippen LogP contribution in [0.3, 0.4) is 0 Å². The molecule has 1 saturated heterocycles. The van der Waals surface area contributed by atoms with E-state index in [1.54, 1.807) is 24.3 Å². The molecule has 140 valence electrons. The van der Waals surface area contributed by atoms with E-state index in [4.69, 9.17) is 5.11 Å². The fraction of sp³-hybridized carbons (Fsp3) is 0.158. The van der Waals surface area contributed by atoms with Gasteiger partial charge < -0.3 is 15.3 Å². The van der Waals surface area contributed by atoms with Gasteiger partial charge in [0.05, 0.1) is 0 Å². The van der Waals surface area contributed by atoms with Crippen LogP contribution in [-0.2, 0) is 9.59 Å². The predicted octanol–water partition coefficient (Wildman–Crippen LogP) is 1.76. The Hall–Kier alpha value is -3.68. The number of nitrogens with one attached hydrogen (secondary N) is 1. The van der Waals surface area contributed by atoms with E-state index in [1.165, 1.54) is 0 Å². The minimum atomic E-state index is -1.42. The summed E-state index contributed by atoms with van der Waals surface area (Å²) in [5.41, 5.74) is 0.848. The largest absolute Gasteiger partial charge is 0.504 e. The molecule has 0 atom stereocenters. The third-order valence-corrected chi connectivity index (χ3v) is 3.75. The first kappa shape index (κ1) is 19.6. The number of carbonyl (C=O) groups excluding carboxylic acids is 3. The molecule has 0 saturated carbocycles. The number of carbonyl (C=O) groups is 4. The van der Waals surface area contributed by atoms with Gasteiger partial charge in [0.2, 0.25) is 11.8 Å². The van der Waals surface area contributed by atoms with Gasteiger partial charge in [0.25, 0.3) is 0 Å². The fourth-order valence-corrected chi connectivity index (χ4v) is 2.29. The average molecular weight is 371 g/mol. The quantitative estimate of drug-likeness (QED) is 0.366. The summed E-state index contributed by atoms with van der Waals surface area (Å²) in [4.78, 5) is 43.4. The van der Waals surface area contributed by atoms with Crippen LogP contribution in [0.15, 0.2) is 36.4 Å². The number of imide groups is 1. The molecular formula is C19H17NO7. The molecule has 2 aromatic carbocycles. The summed E-state index contributed by atoms with van der Waals surface area (Å²) in [6.45, 7) is 1.88. The van der Waals surface area contributed by atoms with E-state index >= 15 is 0 Å². The lowest BCUT2D eigenvalue weighted by molar-refractivity contribution is -0.124. The lowest BCUT2D eigenvalue weighted by Gasteiger charge is -2.07. The van der Waals surface area contributed by atoms with Crippen molar-refractivity contribution in [3.63, 3.8) is 0 Å². The third kappa shape index (κ3) is 4.91. The number of carboxylic acids is 1. The second kappa shape index (κ2) is 8.13. The number of hydrogen-bond donors (Lipinski definition) is 4. The Kier molecular flexibility index (Phi) is 5.92. The molecule has 0 aliphatic carbocycles. The van der Waals surface area contributed by atoms with Gasteiger partial charge >= 0.3 is 5.97 Å². The van der Waals surface area contributed by atoms with Gasteiger partial charge in [-0.05, 0) is 19.1 Å². The maximum Gasteiger partial charge on any atom is 0.339 e. The highest BCUT2D eigenvalue weighted by atomic mass is 16.4. The molecule has 0 spiro atoms. The third-order valence-electron chi connectivity index (χ3n) is 3.75. The Morgan fingerprint density at radius 3 is 1.93 bits per heavy atom. The summed E-state index contributed by atoms with van der Waals surface area (Å²) in [5, 5.41) is 30.0. The summed E-state index contributed by atoms with van der Waals surface area (Å²) in [6.07, 6.45) is 0.748. The van der Waals surface area contributed by atoms with Crippen LogP contribution in [-0.4, -0.2) is 38.9 Å². The minimum absolute atomic E-state index is 0.00144. The summed E-state index contributed by atoms with van der Waals surface area (Å²) >= 11 is 0. The molecule has 0 bridgehead atoms. The van der Waals surface area contributed by atoms with Gasteiger partial charge in [0.1, 0.15) is 5.56 Å². The highest BCUT2D eigenvalue weighted by Gasteiger charge is 2.19. The smallest absolute Gasteiger partial charge is 0.339 e. The number of hydrogen-bond acceptors (Lipinski definition) is 6. The van der Waals surface area contributed by atoms with Crippen LogP contribution in [0.25, 0.3) is 0 Å². The highest BCUT2D eigenvalue weighted by molar-refractivity contribution is 6.10. The van der Waals surface area contributed by atoms with Crippen molar-refractivity contribution in [3.8, 4) is 11.5 Å². The molecule has 1 aliphatic rings. The van der Waals surface area contributed by atoms with Crippen LogP contribution in [0.4, 0.5) is 0 Å². The number of rotatable bonds is 3. The Balaban J connectivity index is 0.000000313. The molecule has 0 radical (unpaired) electrons. The minimum Gasteiger partial charge on any atom is -0.504 e. The van der Waals surface area contributed by atoms with Crippen LogP contribution in [0, 0.1) is 6.92 Å². The topological polar surface area (TPSA) is 141 Å². The number of amides is 2. The first-order chi connectivity index (χ1) is 12.7. The molecule has 1 fully saturated rings. The first-order valence-electron chi connectivity index (χ1n) is 7.92. The number of benzene rings is 2. The molecule has 0 unspecified atom stereocenters. The summed E-state index contributed by atoms with van der Waals surface area (Å²) in [5.74, 6) is -3.53. The fourth-order valence-electron chi connectivity index (χ4n) is 2.29. The zero-order chi connectivity index (χ0) is 20.1. The van der Waals surface area contributed by atoms with E-state index in [0.29, 0.717) is 18.4 Å². The lowest BCUT2D eigenvalue weighted by atomic mass is 9.99.